The monoisotopic (exact) mass is 484 g/mol. The molecule has 0 radical (unpaired) electrons. The molecule has 32 heavy (non-hydrogen) atoms. The van der Waals surface area contributed by atoms with Gasteiger partial charge in [0.2, 0.25) is 0 Å². The second-order valence-corrected chi connectivity index (χ2v) is 11.8. The molecule has 1 aromatic carbocycles. The highest BCUT2D eigenvalue weighted by atomic mass is 31.2. The van der Waals surface area contributed by atoms with E-state index in [1.807, 2.05) is 19.9 Å². The van der Waals surface area contributed by atoms with Crippen molar-refractivity contribution in [1.29, 1.82) is 0 Å². The van der Waals surface area contributed by atoms with Gasteiger partial charge in [-0.05, 0) is 45.2 Å². The van der Waals surface area contributed by atoms with Gasteiger partial charge in [-0.15, -0.1) is 0 Å². The van der Waals surface area contributed by atoms with Gasteiger partial charge in [0.15, 0.2) is 0 Å². The van der Waals surface area contributed by atoms with Gasteiger partial charge in [0, 0.05) is 24.4 Å². The maximum absolute atomic E-state index is 12.3. The number of aromatic amines is 1. The Morgan fingerprint density at radius 2 is 1.81 bits per heavy atom. The van der Waals surface area contributed by atoms with Gasteiger partial charge < -0.3 is 29.3 Å². The van der Waals surface area contributed by atoms with Crippen LogP contribution in [0.5, 0.6) is 0 Å². The molecule has 0 aliphatic heterocycles. The van der Waals surface area contributed by atoms with Crippen molar-refractivity contribution in [2.75, 3.05) is 0 Å². The molecule has 0 aliphatic rings. The van der Waals surface area contributed by atoms with Crippen LogP contribution in [0.3, 0.4) is 0 Å². The van der Waals surface area contributed by atoms with Crippen molar-refractivity contribution in [1.82, 2.24) is 9.97 Å². The Kier molecular flexibility index (Phi) is 8.97. The number of imidazole rings is 1. The predicted octanol–water partition coefficient (Wildman–Crippen LogP) is 4.69. The SMILES string of the molecule is CC(C)=CCC/C(C)=C/CC(OCc1cccc(-c2ncc[nH]2)c1)(P(=O)(O)O)P(=O)(O)O. The van der Waals surface area contributed by atoms with Crippen molar-refractivity contribution >= 4 is 15.2 Å². The van der Waals surface area contributed by atoms with Gasteiger partial charge in [-0.3, -0.25) is 9.13 Å². The van der Waals surface area contributed by atoms with E-state index in [1.165, 1.54) is 6.08 Å². The Hall–Kier alpha value is -1.83. The number of nitrogens with one attached hydrogen (secondary N) is 1. The zero-order valence-corrected chi connectivity index (χ0v) is 20.1. The summed E-state index contributed by atoms with van der Waals surface area (Å²) in [5.74, 6) is 0.581. The van der Waals surface area contributed by atoms with E-state index in [4.69, 9.17) is 4.74 Å². The van der Waals surface area contributed by atoms with Gasteiger partial charge in [-0.25, -0.2) is 4.98 Å². The van der Waals surface area contributed by atoms with Crippen LogP contribution in [-0.4, -0.2) is 34.6 Å². The Balaban J connectivity index is 2.30. The number of H-pyrrole nitrogens is 1. The van der Waals surface area contributed by atoms with Crippen molar-refractivity contribution in [3.05, 3.63) is 65.5 Å². The van der Waals surface area contributed by atoms with Crippen LogP contribution < -0.4 is 0 Å². The third-order valence-corrected chi connectivity index (χ3v) is 8.89. The normalized spacial score (nSPS) is 13.3. The molecule has 1 heterocycles. The van der Waals surface area contributed by atoms with E-state index in [0.29, 0.717) is 29.8 Å². The van der Waals surface area contributed by atoms with Gasteiger partial charge in [0.1, 0.15) is 5.82 Å². The first-order chi connectivity index (χ1) is 14.9. The molecule has 1 aromatic heterocycles. The minimum absolute atomic E-state index is 0.407. The van der Waals surface area contributed by atoms with Gasteiger partial charge in [-0.1, -0.05) is 41.5 Å². The number of rotatable bonds is 11. The van der Waals surface area contributed by atoms with Crippen molar-refractivity contribution < 1.29 is 33.4 Å². The highest BCUT2D eigenvalue weighted by Crippen LogP contribution is 2.71. The summed E-state index contributed by atoms with van der Waals surface area (Å²) in [5.41, 5.74) is 3.06. The molecule has 176 valence electrons. The summed E-state index contributed by atoms with van der Waals surface area (Å²) in [6, 6.07) is 6.78. The van der Waals surface area contributed by atoms with E-state index in [1.54, 1.807) is 43.6 Å². The van der Waals surface area contributed by atoms with E-state index < -0.39 is 33.3 Å². The summed E-state index contributed by atoms with van der Waals surface area (Å²) < 4.78 is 30.0. The first-order valence-corrected chi connectivity index (χ1v) is 13.2. The summed E-state index contributed by atoms with van der Waals surface area (Å²) in [5, 5.41) is -2.97. The zero-order valence-electron chi connectivity index (χ0n) is 18.3. The smallest absolute Gasteiger partial charge is 0.347 e. The quantitative estimate of drug-likeness (QED) is 0.228. The zero-order chi connectivity index (χ0) is 24.0. The minimum atomic E-state index is -5.38. The highest BCUT2D eigenvalue weighted by Gasteiger charge is 2.61. The van der Waals surface area contributed by atoms with Crippen molar-refractivity contribution in [2.24, 2.45) is 0 Å². The predicted molar refractivity (Wildman–Crippen MR) is 123 cm³/mol. The van der Waals surface area contributed by atoms with Crippen LogP contribution in [0.15, 0.2) is 60.0 Å². The average Bonchev–Trinajstić information content (AvgIpc) is 3.21. The molecule has 0 bridgehead atoms. The topological polar surface area (TPSA) is 153 Å². The second-order valence-electron chi connectivity index (χ2n) is 7.83. The minimum Gasteiger partial charge on any atom is -0.347 e. The molecule has 0 saturated heterocycles. The number of allylic oxidation sites excluding steroid dienone is 3. The third kappa shape index (κ3) is 6.83. The molecular formula is C21H30N2O7P2. The molecule has 11 heteroatoms. The fraction of sp³-hybridized carbons (Fsp3) is 0.381. The number of ether oxygens (including phenoxy) is 1. The van der Waals surface area contributed by atoms with E-state index >= 15 is 0 Å². The van der Waals surface area contributed by atoms with E-state index in [9.17, 15) is 28.7 Å². The fourth-order valence-corrected chi connectivity index (χ4v) is 5.54. The lowest BCUT2D eigenvalue weighted by atomic mass is 10.1. The summed E-state index contributed by atoms with van der Waals surface area (Å²) in [4.78, 5) is 46.9. The Morgan fingerprint density at radius 1 is 1.12 bits per heavy atom. The lowest BCUT2D eigenvalue weighted by Crippen LogP contribution is -2.32. The van der Waals surface area contributed by atoms with Crippen LogP contribution in [0.2, 0.25) is 0 Å². The van der Waals surface area contributed by atoms with Crippen LogP contribution in [0.25, 0.3) is 11.4 Å². The molecule has 2 aromatic rings. The first-order valence-electron chi connectivity index (χ1n) is 9.98. The lowest BCUT2D eigenvalue weighted by Gasteiger charge is -2.33. The third-order valence-electron chi connectivity index (χ3n) is 4.89. The Morgan fingerprint density at radius 3 is 2.38 bits per heavy atom. The maximum Gasteiger partial charge on any atom is 0.370 e. The fourth-order valence-electron chi connectivity index (χ4n) is 3.06. The summed E-state index contributed by atoms with van der Waals surface area (Å²) in [6.45, 7) is 5.26. The molecule has 0 unspecified atom stereocenters. The molecule has 5 N–H and O–H groups in total. The van der Waals surface area contributed by atoms with Gasteiger partial charge >= 0.3 is 15.2 Å². The molecule has 2 rings (SSSR count). The molecule has 0 saturated carbocycles. The first kappa shape index (κ1) is 26.4. The van der Waals surface area contributed by atoms with E-state index in [0.717, 1.165) is 11.1 Å². The maximum atomic E-state index is 12.3. The Bertz CT molecular complexity index is 1030. The van der Waals surface area contributed by atoms with Gasteiger partial charge in [0.25, 0.3) is 5.08 Å². The number of benzene rings is 1. The number of aromatic nitrogens is 2. The van der Waals surface area contributed by atoms with Gasteiger partial charge in [0.05, 0.1) is 6.61 Å². The molecular weight excluding hydrogens is 454 g/mol. The molecule has 0 spiro atoms. The molecule has 0 fully saturated rings. The average molecular weight is 484 g/mol. The summed E-state index contributed by atoms with van der Waals surface area (Å²) in [6.07, 6.45) is 7.35. The molecule has 0 amide bonds. The number of hydrogen-bond donors (Lipinski definition) is 5. The summed E-state index contributed by atoms with van der Waals surface area (Å²) >= 11 is 0. The van der Waals surface area contributed by atoms with Crippen molar-refractivity contribution in [3.8, 4) is 11.4 Å². The Labute approximate surface area is 187 Å². The molecule has 9 nitrogen and oxygen atoms in total. The lowest BCUT2D eigenvalue weighted by molar-refractivity contribution is 0.0270. The van der Waals surface area contributed by atoms with Gasteiger partial charge in [-0.2, -0.15) is 0 Å². The van der Waals surface area contributed by atoms with E-state index in [2.05, 4.69) is 9.97 Å². The highest BCUT2D eigenvalue weighted by molar-refractivity contribution is 7.72. The van der Waals surface area contributed by atoms with Crippen LogP contribution in [0.1, 0.15) is 45.6 Å². The van der Waals surface area contributed by atoms with Crippen LogP contribution in [-0.2, 0) is 20.5 Å². The standard InChI is InChI=1S/C21H30N2O7P2/c1-16(2)6-4-7-17(3)10-11-21(31(24,25)26,32(27,28)29)30-15-18-8-5-9-19(14-18)20-22-12-13-23-20/h5-6,8-10,12-14H,4,7,11,15H2,1-3H3,(H,22,23)(H2,24,25,26)(H2,27,28,29)/b17-10+. The van der Waals surface area contributed by atoms with Crippen molar-refractivity contribution in [3.63, 3.8) is 0 Å². The number of nitrogens with zero attached hydrogens (tertiary/aromatic N) is 1. The van der Waals surface area contributed by atoms with Crippen molar-refractivity contribution in [2.45, 2.75) is 51.7 Å². The second kappa shape index (κ2) is 10.9. The van der Waals surface area contributed by atoms with Crippen LogP contribution >= 0.6 is 15.2 Å². The molecule has 0 aliphatic carbocycles. The number of hydrogen-bond acceptors (Lipinski definition) is 4. The molecule has 0 atom stereocenters. The van der Waals surface area contributed by atoms with Crippen LogP contribution in [0.4, 0.5) is 0 Å². The van der Waals surface area contributed by atoms with E-state index in [-0.39, 0.29) is 0 Å². The largest absolute Gasteiger partial charge is 0.370 e. The summed E-state index contributed by atoms with van der Waals surface area (Å²) in [7, 11) is -10.8. The van der Waals surface area contributed by atoms with Crippen LogP contribution in [0, 0.1) is 0 Å².